The summed E-state index contributed by atoms with van der Waals surface area (Å²) in [4.78, 5) is 20.8. The van der Waals surface area contributed by atoms with Crippen LogP contribution in [0.4, 0.5) is 0 Å². The van der Waals surface area contributed by atoms with E-state index >= 15 is 0 Å². The van der Waals surface area contributed by atoms with Gasteiger partial charge in [0.2, 0.25) is 0 Å². The first kappa shape index (κ1) is 12.2. The summed E-state index contributed by atoms with van der Waals surface area (Å²) in [6.07, 6.45) is 0. The molecule has 0 saturated carbocycles. The SMILES string of the molecule is O=C(O)c1cccc(C(=O)O)c1.[Na+]. The second-order valence-corrected chi connectivity index (χ2v) is 2.19. The van der Waals surface area contributed by atoms with Crippen molar-refractivity contribution in [1.82, 2.24) is 0 Å². The molecule has 13 heavy (non-hydrogen) atoms. The van der Waals surface area contributed by atoms with Gasteiger partial charge in [0.1, 0.15) is 0 Å². The largest absolute Gasteiger partial charge is 1.00 e. The van der Waals surface area contributed by atoms with E-state index in [9.17, 15) is 9.59 Å². The topological polar surface area (TPSA) is 74.6 Å². The van der Waals surface area contributed by atoms with Gasteiger partial charge in [-0.2, -0.15) is 0 Å². The molecule has 0 aliphatic rings. The summed E-state index contributed by atoms with van der Waals surface area (Å²) in [7, 11) is 0. The molecule has 0 amide bonds. The quantitative estimate of drug-likeness (QED) is 0.532. The Morgan fingerprint density at radius 3 is 1.69 bits per heavy atom. The van der Waals surface area contributed by atoms with Crippen molar-refractivity contribution < 1.29 is 49.4 Å². The van der Waals surface area contributed by atoms with Crippen LogP contribution in [0, 0.1) is 0 Å². The molecule has 1 rings (SSSR count). The Morgan fingerprint density at radius 2 is 1.38 bits per heavy atom. The van der Waals surface area contributed by atoms with E-state index in [0.29, 0.717) is 0 Å². The molecule has 0 spiro atoms. The molecule has 1 aromatic rings. The van der Waals surface area contributed by atoms with Crippen molar-refractivity contribution in [3.05, 3.63) is 35.4 Å². The van der Waals surface area contributed by atoms with Gasteiger partial charge in [0.15, 0.2) is 0 Å². The standard InChI is InChI=1S/C8H6O4.Na/c9-7(10)5-2-1-3-6(4-5)8(11)12;/h1-4H,(H,9,10)(H,11,12);/q;+1. The van der Waals surface area contributed by atoms with Crippen LogP contribution in [0.3, 0.4) is 0 Å². The first-order valence-electron chi connectivity index (χ1n) is 3.18. The van der Waals surface area contributed by atoms with Crippen LogP contribution in [0.2, 0.25) is 0 Å². The van der Waals surface area contributed by atoms with Crippen LogP contribution >= 0.6 is 0 Å². The molecule has 0 aliphatic heterocycles. The van der Waals surface area contributed by atoms with Gasteiger partial charge in [0.05, 0.1) is 11.1 Å². The summed E-state index contributed by atoms with van der Waals surface area (Å²) in [5.41, 5.74) is -0.0372. The van der Waals surface area contributed by atoms with Crippen LogP contribution in [-0.4, -0.2) is 22.2 Å². The van der Waals surface area contributed by atoms with Crippen LogP contribution in [0.25, 0.3) is 0 Å². The van der Waals surface area contributed by atoms with Crippen LogP contribution < -0.4 is 29.6 Å². The van der Waals surface area contributed by atoms with Crippen LogP contribution in [-0.2, 0) is 0 Å². The fourth-order valence-corrected chi connectivity index (χ4v) is 0.785. The number of carboxylic acids is 2. The van der Waals surface area contributed by atoms with E-state index in [-0.39, 0.29) is 40.7 Å². The smallest absolute Gasteiger partial charge is 0.478 e. The van der Waals surface area contributed by atoms with Gasteiger partial charge in [-0.3, -0.25) is 0 Å². The van der Waals surface area contributed by atoms with Crippen molar-refractivity contribution in [3.63, 3.8) is 0 Å². The summed E-state index contributed by atoms with van der Waals surface area (Å²) in [5, 5.41) is 17.0. The second-order valence-electron chi connectivity index (χ2n) is 2.19. The van der Waals surface area contributed by atoms with E-state index in [2.05, 4.69) is 0 Å². The van der Waals surface area contributed by atoms with E-state index in [0.717, 1.165) is 6.07 Å². The molecule has 0 heterocycles. The number of rotatable bonds is 2. The third-order valence-corrected chi connectivity index (χ3v) is 1.36. The fraction of sp³-hybridized carbons (Fsp3) is 0. The number of benzene rings is 1. The molecule has 0 fully saturated rings. The molecule has 5 heteroatoms. The summed E-state index contributed by atoms with van der Waals surface area (Å²) in [5.74, 6) is -2.25. The summed E-state index contributed by atoms with van der Waals surface area (Å²) in [6, 6.07) is 5.20. The van der Waals surface area contributed by atoms with E-state index in [1.165, 1.54) is 18.2 Å². The Kier molecular flexibility index (Phi) is 4.69. The molecule has 0 aliphatic carbocycles. The van der Waals surface area contributed by atoms with Crippen molar-refractivity contribution in [2.24, 2.45) is 0 Å². The number of carbonyl (C=O) groups is 2. The van der Waals surface area contributed by atoms with Crippen LogP contribution in [0.15, 0.2) is 24.3 Å². The van der Waals surface area contributed by atoms with Gasteiger partial charge in [-0.05, 0) is 18.2 Å². The van der Waals surface area contributed by atoms with E-state index in [1.807, 2.05) is 0 Å². The van der Waals surface area contributed by atoms with Gasteiger partial charge in [0, 0.05) is 0 Å². The van der Waals surface area contributed by atoms with E-state index in [1.54, 1.807) is 0 Å². The van der Waals surface area contributed by atoms with Gasteiger partial charge < -0.3 is 10.2 Å². The van der Waals surface area contributed by atoms with E-state index in [4.69, 9.17) is 10.2 Å². The van der Waals surface area contributed by atoms with E-state index < -0.39 is 11.9 Å². The minimum Gasteiger partial charge on any atom is -0.478 e. The zero-order chi connectivity index (χ0) is 9.14. The second kappa shape index (κ2) is 5.01. The van der Waals surface area contributed by atoms with Crippen molar-refractivity contribution in [3.8, 4) is 0 Å². The first-order valence-corrected chi connectivity index (χ1v) is 3.18. The van der Waals surface area contributed by atoms with Gasteiger partial charge in [-0.1, -0.05) is 6.07 Å². The third kappa shape index (κ3) is 3.18. The molecule has 1 aromatic carbocycles. The summed E-state index contributed by atoms with van der Waals surface area (Å²) < 4.78 is 0. The zero-order valence-electron chi connectivity index (χ0n) is 7.02. The number of hydrogen-bond acceptors (Lipinski definition) is 2. The Bertz CT molecular complexity index is 305. The molecule has 0 atom stereocenters. The summed E-state index contributed by atoms with van der Waals surface area (Å²) in [6.45, 7) is 0. The van der Waals surface area contributed by atoms with Crippen molar-refractivity contribution in [1.29, 1.82) is 0 Å². The monoisotopic (exact) mass is 189 g/mol. The van der Waals surface area contributed by atoms with Gasteiger partial charge in [-0.25, -0.2) is 9.59 Å². The molecule has 4 nitrogen and oxygen atoms in total. The maximum atomic E-state index is 10.4. The predicted molar refractivity (Wildman–Crippen MR) is 40.4 cm³/mol. The molecule has 0 bridgehead atoms. The minimum absolute atomic E-state index is 0. The first-order chi connectivity index (χ1) is 5.61. The summed E-state index contributed by atoms with van der Waals surface area (Å²) >= 11 is 0. The predicted octanol–water partition coefficient (Wildman–Crippen LogP) is -1.91. The van der Waals surface area contributed by atoms with Gasteiger partial charge in [-0.15, -0.1) is 0 Å². The zero-order valence-corrected chi connectivity index (χ0v) is 9.02. The number of carboxylic acid groups (broad SMARTS) is 2. The van der Waals surface area contributed by atoms with Crippen molar-refractivity contribution in [2.75, 3.05) is 0 Å². The molecular formula is C8H6NaO4+. The van der Waals surface area contributed by atoms with Gasteiger partial charge in [0.25, 0.3) is 0 Å². The van der Waals surface area contributed by atoms with Crippen molar-refractivity contribution in [2.45, 2.75) is 0 Å². The maximum absolute atomic E-state index is 10.4. The molecule has 0 unspecified atom stereocenters. The Labute approximate surface area is 96.5 Å². The maximum Gasteiger partial charge on any atom is 1.00 e. The molecular weight excluding hydrogens is 183 g/mol. The number of aromatic carboxylic acids is 2. The van der Waals surface area contributed by atoms with Crippen LogP contribution in [0.1, 0.15) is 20.7 Å². The molecule has 0 aromatic heterocycles. The molecule has 0 saturated heterocycles. The molecule has 0 radical (unpaired) electrons. The molecule has 62 valence electrons. The average molecular weight is 189 g/mol. The molecule has 2 N–H and O–H groups in total. The van der Waals surface area contributed by atoms with Crippen LogP contribution in [0.5, 0.6) is 0 Å². The normalized spacial score (nSPS) is 8.62. The Hall–Kier alpha value is -0.840. The fourth-order valence-electron chi connectivity index (χ4n) is 0.785. The third-order valence-electron chi connectivity index (χ3n) is 1.36. The average Bonchev–Trinajstić information content (AvgIpc) is 2.04. The minimum atomic E-state index is -1.13. The van der Waals surface area contributed by atoms with Gasteiger partial charge >= 0.3 is 41.5 Å². The number of hydrogen-bond donors (Lipinski definition) is 2. The Balaban J connectivity index is 0.00000144. The van der Waals surface area contributed by atoms with Crippen molar-refractivity contribution >= 4 is 11.9 Å². The Morgan fingerprint density at radius 1 is 1.00 bits per heavy atom.